The van der Waals surface area contributed by atoms with E-state index < -0.39 is 158 Å². The van der Waals surface area contributed by atoms with Crippen LogP contribution in [0.4, 0.5) is 0 Å². The van der Waals surface area contributed by atoms with E-state index in [0.29, 0.717) is 23.1 Å². The van der Waals surface area contributed by atoms with E-state index in [1.807, 2.05) is 0 Å². The number of fused-ring (bicyclic) bond motifs is 2. The minimum absolute atomic E-state index is 0.0304. The first-order valence-corrected chi connectivity index (χ1v) is 26.8. The predicted octanol–water partition coefficient (Wildman–Crippen LogP) is -1.06. The number of nitrogens with zero attached hydrogens (tertiary/aromatic N) is 2. The third-order valence-corrected chi connectivity index (χ3v) is 14.4. The Morgan fingerprint density at radius 2 is 1.31 bits per heavy atom. The number of benzene rings is 3. The van der Waals surface area contributed by atoms with E-state index in [-0.39, 0.29) is 43.6 Å². The van der Waals surface area contributed by atoms with Crippen molar-refractivity contribution >= 4 is 53.2 Å². The van der Waals surface area contributed by atoms with Crippen LogP contribution in [0.1, 0.15) is 83.4 Å². The minimum atomic E-state index is -1.93. The van der Waals surface area contributed by atoms with Crippen molar-refractivity contribution in [2.24, 2.45) is 11.8 Å². The molecule has 24 heteroatoms. The number of cyclic esters (lactones) is 1. The highest BCUT2D eigenvalue weighted by molar-refractivity contribution is 5.99. The van der Waals surface area contributed by atoms with Crippen LogP contribution in [0.5, 0.6) is 11.5 Å². The number of aromatic hydroxyl groups is 2. The molecule has 436 valence electrons. The van der Waals surface area contributed by atoms with Crippen molar-refractivity contribution in [2.75, 3.05) is 20.3 Å². The van der Waals surface area contributed by atoms with Gasteiger partial charge in [-0.25, -0.2) is 4.79 Å². The smallest absolute Gasteiger partial charge is 0.329 e. The molecule has 24 nitrogen and oxygen atoms in total. The van der Waals surface area contributed by atoms with Gasteiger partial charge in [0.1, 0.15) is 78.3 Å². The van der Waals surface area contributed by atoms with Gasteiger partial charge in [0, 0.05) is 39.5 Å². The summed E-state index contributed by atoms with van der Waals surface area (Å²) in [6.07, 6.45) is -6.28. The molecule has 0 saturated carbocycles. The number of ether oxygens (including phenoxy) is 1. The average molecular weight is 1120 g/mol. The number of likely N-dealkylation sites (N-methyl/N-ethyl adjacent to an activating group) is 1. The lowest BCUT2D eigenvalue weighted by Gasteiger charge is -2.43. The lowest BCUT2D eigenvalue weighted by Crippen LogP contribution is -2.65. The van der Waals surface area contributed by atoms with Crippen LogP contribution in [-0.2, 0) is 67.2 Å². The minimum Gasteiger partial charge on any atom is -0.508 e. The van der Waals surface area contributed by atoms with Crippen LogP contribution in [0, 0.1) is 11.8 Å². The fraction of sp³-hybridized carbons (Fsp3) is 0.518. The van der Waals surface area contributed by atoms with Crippen LogP contribution in [0.25, 0.3) is 0 Å². The Morgan fingerprint density at radius 3 is 1.90 bits per heavy atom. The van der Waals surface area contributed by atoms with Crippen molar-refractivity contribution in [3.8, 4) is 11.5 Å². The third-order valence-electron chi connectivity index (χ3n) is 14.4. The van der Waals surface area contributed by atoms with Gasteiger partial charge in [-0.1, -0.05) is 88.7 Å². The second-order valence-electron chi connectivity index (χ2n) is 20.7. The molecular formula is C56H76N8O16. The Morgan fingerprint density at radius 1 is 0.713 bits per heavy atom. The highest BCUT2D eigenvalue weighted by Gasteiger charge is 2.46. The molecule has 2 aliphatic heterocycles. The first-order chi connectivity index (χ1) is 38.0. The molecule has 8 amide bonds. The molecule has 0 spiro atoms. The average Bonchev–Trinajstić information content (AvgIpc) is 3.42. The normalized spacial score (nSPS) is 24.1. The van der Waals surface area contributed by atoms with Gasteiger partial charge >= 0.3 is 5.97 Å². The van der Waals surface area contributed by atoms with Crippen molar-refractivity contribution in [3.05, 3.63) is 95.6 Å². The number of amides is 8. The third kappa shape index (κ3) is 16.9. The number of esters is 1. The molecular weight excluding hydrogens is 1040 g/mol. The van der Waals surface area contributed by atoms with Gasteiger partial charge in [0.2, 0.25) is 47.3 Å². The molecule has 12 atom stereocenters. The van der Waals surface area contributed by atoms with Crippen LogP contribution >= 0.6 is 0 Å². The maximum Gasteiger partial charge on any atom is 0.329 e. The number of carbonyl (C=O) groups excluding carboxylic acids is 9. The number of rotatable bonds is 19. The zero-order chi connectivity index (χ0) is 59.0. The quantitative estimate of drug-likeness (QED) is 0.0637. The summed E-state index contributed by atoms with van der Waals surface area (Å²) in [6.45, 7) is 6.33. The number of nitrogens with one attached hydrogen (secondary N) is 6. The standard InChI is InChI=1S/C56H76N8O16/c1-7-31(4)46(61-51(74)43(69)29-35-15-19-37(68)20-16-35)52(75)57-39(24-26-66)49(72)62-47-32(5)80-56(79)45(30(2)3)60-50(73)41(27-34-13-17-36(67)18-14-34)63(6)55(78)42(28-33-11-9-8-10-12-33)64-44(70)22-21-40(54(64)77)59-48(71)38(23-25-65)58-53(47)76/h8-20,30-32,38-47,65-70H,7,21-29H2,1-6H3,(H,57,75)(H,58,76)(H,59,71)(H,60,73)(H,61,74)(H,62,72). The van der Waals surface area contributed by atoms with Crippen LogP contribution in [0.3, 0.4) is 0 Å². The fourth-order valence-electron chi connectivity index (χ4n) is 9.40. The van der Waals surface area contributed by atoms with Gasteiger partial charge in [0.25, 0.3) is 0 Å². The van der Waals surface area contributed by atoms with Crippen molar-refractivity contribution in [2.45, 2.75) is 153 Å². The molecule has 5 rings (SSSR count). The maximum absolute atomic E-state index is 15.1. The van der Waals surface area contributed by atoms with Gasteiger partial charge < -0.3 is 77.1 Å². The second kappa shape index (κ2) is 29.5. The number of hydrogen-bond acceptors (Lipinski definition) is 16. The number of phenolic OH excluding ortho intramolecular Hbond substituents is 2. The zero-order valence-corrected chi connectivity index (χ0v) is 45.7. The summed E-state index contributed by atoms with van der Waals surface area (Å²) in [5.41, 5.74) is 1.53. The molecule has 12 N–H and O–H groups in total. The summed E-state index contributed by atoms with van der Waals surface area (Å²) in [7, 11) is 1.32. The lowest BCUT2D eigenvalue weighted by atomic mass is 9.95. The van der Waals surface area contributed by atoms with Crippen molar-refractivity contribution < 1.29 is 78.5 Å². The summed E-state index contributed by atoms with van der Waals surface area (Å²) in [5, 5.41) is 77.6. The molecule has 0 radical (unpaired) electrons. The number of hydrogen-bond donors (Lipinski definition) is 12. The Kier molecular flexibility index (Phi) is 23.3. The van der Waals surface area contributed by atoms with E-state index in [4.69, 9.17) is 4.74 Å². The number of aliphatic hydroxyl groups is 4. The Balaban J connectivity index is 1.53. The zero-order valence-electron chi connectivity index (χ0n) is 45.7. The van der Waals surface area contributed by atoms with Gasteiger partial charge in [0.05, 0.1) is 0 Å². The molecule has 2 bridgehead atoms. The van der Waals surface area contributed by atoms with E-state index in [0.717, 1.165) is 9.80 Å². The van der Waals surface area contributed by atoms with Crippen LogP contribution < -0.4 is 31.9 Å². The van der Waals surface area contributed by atoms with E-state index in [9.17, 15) is 69.0 Å². The monoisotopic (exact) mass is 1120 g/mol. The number of phenols is 2. The van der Waals surface area contributed by atoms with Crippen LogP contribution in [-0.4, -0.2) is 181 Å². The van der Waals surface area contributed by atoms with Crippen LogP contribution in [0.15, 0.2) is 78.9 Å². The second-order valence-corrected chi connectivity index (χ2v) is 20.7. The molecule has 3 aromatic rings. The predicted molar refractivity (Wildman–Crippen MR) is 287 cm³/mol. The maximum atomic E-state index is 15.1. The summed E-state index contributed by atoms with van der Waals surface area (Å²) in [4.78, 5) is 131. The molecule has 0 aromatic heterocycles. The molecule has 2 aliphatic rings. The molecule has 2 heterocycles. The molecule has 2 fully saturated rings. The fourth-order valence-corrected chi connectivity index (χ4v) is 9.40. The van der Waals surface area contributed by atoms with Gasteiger partial charge in [0.15, 0.2) is 0 Å². The van der Waals surface area contributed by atoms with Crippen molar-refractivity contribution in [1.82, 2.24) is 41.7 Å². The molecule has 0 aliphatic carbocycles. The molecule has 80 heavy (non-hydrogen) atoms. The number of aliphatic hydroxyl groups excluding tert-OH is 4. The van der Waals surface area contributed by atoms with Gasteiger partial charge in [-0.2, -0.15) is 0 Å². The molecule has 12 unspecified atom stereocenters. The Labute approximate surface area is 464 Å². The van der Waals surface area contributed by atoms with Gasteiger partial charge in [-0.05, 0) is 85.4 Å². The highest BCUT2D eigenvalue weighted by atomic mass is 16.5. The van der Waals surface area contributed by atoms with E-state index in [1.54, 1.807) is 58.0 Å². The Bertz CT molecular complexity index is 2630. The number of carbonyl (C=O) groups is 9. The first-order valence-electron chi connectivity index (χ1n) is 26.8. The number of piperidine rings is 1. The molecule has 3 aromatic carbocycles. The Hall–Kier alpha value is -7.67. The summed E-state index contributed by atoms with van der Waals surface area (Å²) >= 11 is 0. The summed E-state index contributed by atoms with van der Waals surface area (Å²) in [5.74, 6) is -10.3. The van der Waals surface area contributed by atoms with Crippen LogP contribution in [0.2, 0.25) is 0 Å². The lowest BCUT2D eigenvalue weighted by molar-refractivity contribution is -0.165. The molecule has 2 saturated heterocycles. The highest BCUT2D eigenvalue weighted by Crippen LogP contribution is 2.26. The van der Waals surface area contributed by atoms with Crippen molar-refractivity contribution in [1.29, 1.82) is 0 Å². The van der Waals surface area contributed by atoms with E-state index >= 15 is 4.79 Å². The first kappa shape index (κ1) is 63.2. The summed E-state index contributed by atoms with van der Waals surface area (Å²) in [6, 6.07) is 7.70. The van der Waals surface area contributed by atoms with Crippen molar-refractivity contribution in [3.63, 3.8) is 0 Å². The summed E-state index contributed by atoms with van der Waals surface area (Å²) < 4.78 is 5.86. The van der Waals surface area contributed by atoms with Gasteiger partial charge in [-0.3, -0.25) is 38.4 Å². The topological polar surface area (TPSA) is 363 Å². The van der Waals surface area contributed by atoms with E-state index in [1.165, 1.54) is 62.5 Å². The SMILES string of the molecule is CCC(C)C(NC(=O)C(O)Cc1ccc(O)cc1)C(=O)NC(CCO)C(=O)NC1C(=O)NC(CCO)C(=O)NC2CCC(O)N(C2=O)C(Cc2ccccc2)C(=O)N(C)C(Cc2ccc(O)cc2)C(=O)NC(C(C)C)C(=O)OC1C. The largest absolute Gasteiger partial charge is 0.508 e. The van der Waals surface area contributed by atoms with Gasteiger partial charge in [-0.15, -0.1) is 0 Å². The van der Waals surface area contributed by atoms with E-state index in [2.05, 4.69) is 31.9 Å².